The largest absolute Gasteiger partial charge is 0.381 e. The van der Waals surface area contributed by atoms with Crippen LogP contribution in [0, 0.1) is 5.92 Å². The van der Waals surface area contributed by atoms with Crippen LogP contribution in [0.15, 0.2) is 12.5 Å². The molecule has 0 saturated carbocycles. The van der Waals surface area contributed by atoms with E-state index in [1.165, 1.54) is 6.33 Å². The second-order valence-corrected chi connectivity index (χ2v) is 4.50. The first kappa shape index (κ1) is 11.1. The first-order valence-corrected chi connectivity index (χ1v) is 5.75. The molecule has 7 nitrogen and oxygen atoms in total. The van der Waals surface area contributed by atoms with Crippen molar-refractivity contribution < 1.29 is 9.53 Å². The summed E-state index contributed by atoms with van der Waals surface area (Å²) < 4.78 is 7.30. The molecule has 1 aliphatic heterocycles. The zero-order valence-corrected chi connectivity index (χ0v) is 9.85. The van der Waals surface area contributed by atoms with Crippen molar-refractivity contribution >= 4 is 17.8 Å². The van der Waals surface area contributed by atoms with E-state index >= 15 is 0 Å². The molecule has 3 rings (SSSR count). The molecular formula is C11H13N5O2. The summed E-state index contributed by atoms with van der Waals surface area (Å²) in [6.07, 6.45) is 4.12. The summed E-state index contributed by atoms with van der Waals surface area (Å²) in [7, 11) is 0. The minimum Gasteiger partial charge on any atom is -0.381 e. The van der Waals surface area contributed by atoms with Crippen LogP contribution in [0.5, 0.6) is 0 Å². The van der Waals surface area contributed by atoms with Crippen molar-refractivity contribution in [2.45, 2.75) is 25.6 Å². The van der Waals surface area contributed by atoms with Crippen LogP contribution in [0.3, 0.4) is 0 Å². The Hall–Kier alpha value is -2.02. The minimum absolute atomic E-state index is 0.181. The number of fused-ring (bicyclic) bond motifs is 1. The molecule has 1 aliphatic rings. The van der Waals surface area contributed by atoms with E-state index in [4.69, 9.17) is 10.5 Å². The molecule has 1 saturated heterocycles. The molecule has 2 aromatic heterocycles. The normalized spacial score (nSPS) is 27.7. The quantitative estimate of drug-likeness (QED) is 0.770. The number of anilines is 1. The summed E-state index contributed by atoms with van der Waals surface area (Å²) in [4.78, 5) is 18.9. The number of carbonyl (C=O) groups excluding carboxylic acids is 1. The highest BCUT2D eigenvalue weighted by Crippen LogP contribution is 2.36. The minimum atomic E-state index is -0.361. The molecule has 2 N–H and O–H groups in total. The lowest BCUT2D eigenvalue weighted by molar-refractivity contribution is -0.118. The van der Waals surface area contributed by atoms with E-state index in [0.29, 0.717) is 11.5 Å². The van der Waals surface area contributed by atoms with Gasteiger partial charge in [-0.25, -0.2) is 14.5 Å². The van der Waals surface area contributed by atoms with E-state index in [2.05, 4.69) is 15.1 Å². The van der Waals surface area contributed by atoms with E-state index in [1.807, 2.05) is 6.92 Å². The van der Waals surface area contributed by atoms with Crippen molar-refractivity contribution in [3.8, 4) is 0 Å². The second-order valence-electron chi connectivity index (χ2n) is 4.50. The molecule has 0 radical (unpaired) electrons. The smallest absolute Gasteiger partial charge is 0.196 e. The lowest BCUT2D eigenvalue weighted by atomic mass is 10.0. The molecule has 7 heteroatoms. The third-order valence-corrected chi connectivity index (χ3v) is 3.29. The summed E-state index contributed by atoms with van der Waals surface area (Å²) in [6.45, 7) is 1.99. The monoisotopic (exact) mass is 247 g/mol. The Morgan fingerprint density at radius 2 is 2.39 bits per heavy atom. The van der Waals surface area contributed by atoms with Gasteiger partial charge in [-0.1, -0.05) is 6.92 Å². The van der Waals surface area contributed by atoms with E-state index in [9.17, 15) is 4.79 Å². The number of aromatic nitrogens is 4. The summed E-state index contributed by atoms with van der Waals surface area (Å²) >= 11 is 0. The van der Waals surface area contributed by atoms with Gasteiger partial charge in [-0.15, -0.1) is 0 Å². The molecule has 1 fully saturated rings. The van der Waals surface area contributed by atoms with Crippen LogP contribution in [0.2, 0.25) is 0 Å². The SMILES string of the molecule is C[C@H]1C[C@H](c2cnc3c(N)ncnn23)O[C@@H]1C=O. The second kappa shape index (κ2) is 4.02. The van der Waals surface area contributed by atoms with Crippen LogP contribution in [-0.2, 0) is 9.53 Å². The number of imidazole rings is 1. The first-order valence-electron chi connectivity index (χ1n) is 5.75. The number of nitrogen functional groups attached to an aromatic ring is 1. The number of carbonyl (C=O) groups is 1. The summed E-state index contributed by atoms with van der Waals surface area (Å²) in [5, 5.41) is 4.12. The van der Waals surface area contributed by atoms with Crippen LogP contribution in [0.4, 0.5) is 5.82 Å². The lowest BCUT2D eigenvalue weighted by Gasteiger charge is -2.09. The third kappa shape index (κ3) is 1.55. The Bertz CT molecular complexity index is 596. The van der Waals surface area contributed by atoms with Gasteiger partial charge < -0.3 is 15.3 Å². The average molecular weight is 247 g/mol. The van der Waals surface area contributed by atoms with Gasteiger partial charge in [0.15, 0.2) is 11.5 Å². The zero-order chi connectivity index (χ0) is 12.7. The van der Waals surface area contributed by atoms with Gasteiger partial charge in [-0.3, -0.25) is 0 Å². The number of nitrogens with zero attached hydrogens (tertiary/aromatic N) is 4. The highest BCUT2D eigenvalue weighted by molar-refractivity contribution is 5.59. The number of hydrogen-bond donors (Lipinski definition) is 1. The molecule has 94 valence electrons. The maximum atomic E-state index is 10.9. The zero-order valence-electron chi connectivity index (χ0n) is 9.85. The molecule has 0 bridgehead atoms. The number of ether oxygens (including phenoxy) is 1. The third-order valence-electron chi connectivity index (χ3n) is 3.29. The molecular weight excluding hydrogens is 234 g/mol. The first-order chi connectivity index (χ1) is 8.70. The molecule has 2 aromatic rings. The molecule has 0 aliphatic carbocycles. The standard InChI is InChI=1S/C11H13N5O2/c1-6-2-8(18-9(6)4-17)7-3-13-11-10(12)14-5-15-16(7)11/h3-6,8-9H,2H2,1H3,(H2,12,14,15)/t6-,8+,9+/m0/s1. The van der Waals surface area contributed by atoms with Gasteiger partial charge in [0.2, 0.25) is 0 Å². The van der Waals surface area contributed by atoms with Crippen LogP contribution in [0.1, 0.15) is 25.1 Å². The van der Waals surface area contributed by atoms with E-state index in [-0.39, 0.29) is 18.1 Å². The van der Waals surface area contributed by atoms with Crippen molar-refractivity contribution in [1.29, 1.82) is 0 Å². The van der Waals surface area contributed by atoms with Crippen molar-refractivity contribution in [3.63, 3.8) is 0 Å². The van der Waals surface area contributed by atoms with Crippen molar-refractivity contribution in [3.05, 3.63) is 18.2 Å². The van der Waals surface area contributed by atoms with Gasteiger partial charge in [-0.05, 0) is 12.3 Å². The number of aldehydes is 1. The topological polar surface area (TPSA) is 95.4 Å². The van der Waals surface area contributed by atoms with Crippen molar-refractivity contribution in [2.75, 3.05) is 5.73 Å². The summed E-state index contributed by atoms with van der Waals surface area (Å²) in [5.74, 6) is 0.520. The lowest BCUT2D eigenvalue weighted by Crippen LogP contribution is -2.14. The summed E-state index contributed by atoms with van der Waals surface area (Å²) in [5.41, 5.74) is 7.03. The molecule has 0 spiro atoms. The van der Waals surface area contributed by atoms with E-state index in [0.717, 1.165) is 18.4 Å². The maximum absolute atomic E-state index is 10.9. The summed E-state index contributed by atoms with van der Waals surface area (Å²) in [6, 6.07) is 0. The van der Waals surface area contributed by atoms with Gasteiger partial charge in [0.25, 0.3) is 0 Å². The van der Waals surface area contributed by atoms with Crippen molar-refractivity contribution in [2.24, 2.45) is 5.92 Å². The van der Waals surface area contributed by atoms with Gasteiger partial charge in [0.05, 0.1) is 11.9 Å². The van der Waals surface area contributed by atoms with Gasteiger partial charge in [0.1, 0.15) is 24.8 Å². The van der Waals surface area contributed by atoms with Gasteiger partial charge >= 0.3 is 0 Å². The Morgan fingerprint density at radius 3 is 3.11 bits per heavy atom. The van der Waals surface area contributed by atoms with Crippen LogP contribution < -0.4 is 5.73 Å². The molecule has 0 aromatic carbocycles. The number of rotatable bonds is 2. The fourth-order valence-electron chi connectivity index (χ4n) is 2.28. The molecule has 3 atom stereocenters. The maximum Gasteiger partial charge on any atom is 0.196 e. The Morgan fingerprint density at radius 1 is 1.56 bits per heavy atom. The molecule has 0 amide bonds. The van der Waals surface area contributed by atoms with Gasteiger partial charge in [-0.2, -0.15) is 5.10 Å². The Labute approximate surface area is 103 Å². The number of nitrogens with two attached hydrogens (primary N) is 1. The van der Waals surface area contributed by atoms with Gasteiger partial charge in [0, 0.05) is 0 Å². The fourth-order valence-corrected chi connectivity index (χ4v) is 2.28. The van der Waals surface area contributed by atoms with E-state index in [1.54, 1.807) is 10.7 Å². The van der Waals surface area contributed by atoms with Crippen molar-refractivity contribution in [1.82, 2.24) is 19.6 Å². The molecule has 0 unspecified atom stereocenters. The predicted molar refractivity (Wildman–Crippen MR) is 62.7 cm³/mol. The fraction of sp³-hybridized carbons (Fsp3) is 0.455. The average Bonchev–Trinajstić information content (AvgIpc) is 2.93. The molecule has 18 heavy (non-hydrogen) atoms. The van der Waals surface area contributed by atoms with Crippen LogP contribution in [0.25, 0.3) is 5.65 Å². The Kier molecular flexibility index (Phi) is 2.48. The predicted octanol–water partition coefficient (Wildman–Crippen LogP) is 0.371. The van der Waals surface area contributed by atoms with E-state index < -0.39 is 0 Å². The highest BCUT2D eigenvalue weighted by atomic mass is 16.5. The Balaban J connectivity index is 2.01. The highest BCUT2D eigenvalue weighted by Gasteiger charge is 2.34. The number of hydrogen-bond acceptors (Lipinski definition) is 6. The molecule has 3 heterocycles. The van der Waals surface area contributed by atoms with Crippen LogP contribution >= 0.6 is 0 Å². The van der Waals surface area contributed by atoms with Crippen LogP contribution in [-0.4, -0.2) is 32.0 Å².